The van der Waals surface area contributed by atoms with Gasteiger partial charge in [0.15, 0.2) is 0 Å². The predicted molar refractivity (Wildman–Crippen MR) is 79.8 cm³/mol. The number of benzene rings is 1. The first-order valence-corrected chi connectivity index (χ1v) is 7.30. The largest absolute Gasteiger partial charge is 0.478 e. The standard InChI is InChI=1S/C16H22N2O3/c1-11-3-2-8-16(17,9-11)15(21)18-10-12-4-6-13(7-5-12)14(19)20/h4-7,11H,2-3,8-10,17H2,1H3,(H,18,21)(H,19,20). The van der Waals surface area contributed by atoms with Crippen LogP contribution in [0.4, 0.5) is 0 Å². The van der Waals surface area contributed by atoms with Gasteiger partial charge in [0.05, 0.1) is 11.1 Å². The zero-order chi connectivity index (χ0) is 15.5. The molecule has 114 valence electrons. The van der Waals surface area contributed by atoms with Gasteiger partial charge in [-0.15, -0.1) is 0 Å². The van der Waals surface area contributed by atoms with Crippen molar-refractivity contribution in [2.75, 3.05) is 0 Å². The molecule has 1 aliphatic rings. The van der Waals surface area contributed by atoms with E-state index in [9.17, 15) is 9.59 Å². The number of hydrogen-bond donors (Lipinski definition) is 3. The van der Waals surface area contributed by atoms with Crippen LogP contribution in [0.1, 0.15) is 48.5 Å². The third-order valence-electron chi connectivity index (χ3n) is 4.14. The first-order valence-electron chi connectivity index (χ1n) is 7.30. The van der Waals surface area contributed by atoms with Crippen LogP contribution in [0.5, 0.6) is 0 Å². The SMILES string of the molecule is CC1CCCC(N)(C(=O)NCc2ccc(C(=O)O)cc2)C1. The molecule has 5 heteroatoms. The van der Waals surface area contributed by atoms with Crippen molar-refractivity contribution in [1.82, 2.24) is 5.32 Å². The molecule has 4 N–H and O–H groups in total. The Balaban J connectivity index is 1.92. The summed E-state index contributed by atoms with van der Waals surface area (Å²) in [7, 11) is 0. The molecule has 0 saturated heterocycles. The molecule has 0 heterocycles. The number of nitrogens with two attached hydrogens (primary N) is 1. The fourth-order valence-electron chi connectivity index (χ4n) is 2.92. The van der Waals surface area contributed by atoms with Crippen molar-refractivity contribution in [3.05, 3.63) is 35.4 Å². The Hall–Kier alpha value is -1.88. The molecular weight excluding hydrogens is 268 g/mol. The summed E-state index contributed by atoms with van der Waals surface area (Å²) in [6, 6.07) is 6.47. The second kappa shape index (κ2) is 6.26. The molecule has 0 aliphatic heterocycles. The maximum Gasteiger partial charge on any atom is 0.335 e. The molecule has 1 fully saturated rings. The summed E-state index contributed by atoms with van der Waals surface area (Å²) in [5.74, 6) is -0.594. The zero-order valence-corrected chi connectivity index (χ0v) is 12.3. The summed E-state index contributed by atoms with van der Waals surface area (Å²) >= 11 is 0. The van der Waals surface area contributed by atoms with Crippen LogP contribution in [0.3, 0.4) is 0 Å². The van der Waals surface area contributed by atoms with E-state index in [1.807, 2.05) is 0 Å². The molecule has 1 aromatic carbocycles. The minimum Gasteiger partial charge on any atom is -0.478 e. The Kier molecular flexibility index (Phi) is 4.63. The van der Waals surface area contributed by atoms with Gasteiger partial charge in [0.25, 0.3) is 0 Å². The minimum absolute atomic E-state index is 0.114. The summed E-state index contributed by atoms with van der Waals surface area (Å²) in [5, 5.41) is 11.7. The number of carbonyl (C=O) groups is 2. The van der Waals surface area contributed by atoms with E-state index in [0.29, 0.717) is 12.5 Å². The summed E-state index contributed by atoms with van der Waals surface area (Å²) in [5.41, 5.74) is 6.57. The predicted octanol–water partition coefficient (Wildman–Crippen LogP) is 1.91. The lowest BCUT2D eigenvalue weighted by Crippen LogP contribution is -2.56. The fraction of sp³-hybridized carbons (Fsp3) is 0.500. The van der Waals surface area contributed by atoms with Crippen molar-refractivity contribution in [3.63, 3.8) is 0 Å². The van der Waals surface area contributed by atoms with Crippen LogP contribution >= 0.6 is 0 Å². The first-order chi connectivity index (χ1) is 9.90. The van der Waals surface area contributed by atoms with E-state index < -0.39 is 11.5 Å². The normalized spacial score (nSPS) is 25.3. The van der Waals surface area contributed by atoms with Crippen molar-refractivity contribution in [3.8, 4) is 0 Å². The molecule has 1 aromatic rings. The van der Waals surface area contributed by atoms with E-state index in [-0.39, 0.29) is 11.5 Å². The van der Waals surface area contributed by atoms with Crippen LogP contribution in [-0.4, -0.2) is 22.5 Å². The van der Waals surface area contributed by atoms with Crippen molar-refractivity contribution in [2.24, 2.45) is 11.7 Å². The van der Waals surface area contributed by atoms with Crippen molar-refractivity contribution in [1.29, 1.82) is 0 Å². The molecule has 2 atom stereocenters. The number of hydrogen-bond acceptors (Lipinski definition) is 3. The smallest absolute Gasteiger partial charge is 0.335 e. The van der Waals surface area contributed by atoms with E-state index in [1.54, 1.807) is 12.1 Å². The highest BCUT2D eigenvalue weighted by molar-refractivity contribution is 5.87. The van der Waals surface area contributed by atoms with Crippen molar-refractivity contribution in [2.45, 2.75) is 44.7 Å². The molecule has 0 spiro atoms. The van der Waals surface area contributed by atoms with Crippen LogP contribution in [0.25, 0.3) is 0 Å². The second-order valence-electron chi connectivity index (χ2n) is 6.04. The zero-order valence-electron chi connectivity index (χ0n) is 12.3. The minimum atomic E-state index is -0.956. The average Bonchev–Trinajstić information content (AvgIpc) is 2.44. The van der Waals surface area contributed by atoms with Gasteiger partial charge in [0.2, 0.25) is 5.91 Å². The summed E-state index contributed by atoms with van der Waals surface area (Å²) in [4.78, 5) is 23.1. The number of aromatic carboxylic acids is 1. The maximum atomic E-state index is 12.3. The lowest BCUT2D eigenvalue weighted by atomic mass is 9.76. The third-order valence-corrected chi connectivity index (χ3v) is 4.14. The number of carbonyl (C=O) groups excluding carboxylic acids is 1. The average molecular weight is 290 g/mol. The fourth-order valence-corrected chi connectivity index (χ4v) is 2.92. The molecular formula is C16H22N2O3. The Bertz CT molecular complexity index is 527. The quantitative estimate of drug-likeness (QED) is 0.789. The number of nitrogens with one attached hydrogen (secondary N) is 1. The number of carboxylic acid groups (broad SMARTS) is 1. The van der Waals surface area contributed by atoms with Gasteiger partial charge in [-0.2, -0.15) is 0 Å². The Morgan fingerprint density at radius 1 is 1.38 bits per heavy atom. The molecule has 21 heavy (non-hydrogen) atoms. The lowest BCUT2D eigenvalue weighted by molar-refractivity contribution is -0.128. The van der Waals surface area contributed by atoms with Crippen LogP contribution in [-0.2, 0) is 11.3 Å². The van der Waals surface area contributed by atoms with Crippen molar-refractivity contribution < 1.29 is 14.7 Å². The third kappa shape index (κ3) is 3.82. The topological polar surface area (TPSA) is 92.4 Å². The van der Waals surface area contributed by atoms with E-state index >= 15 is 0 Å². The molecule has 2 rings (SSSR count). The van der Waals surface area contributed by atoms with E-state index in [0.717, 1.165) is 31.2 Å². The van der Waals surface area contributed by atoms with Gasteiger partial charge in [0.1, 0.15) is 0 Å². The van der Waals surface area contributed by atoms with Gasteiger partial charge in [0, 0.05) is 6.54 Å². The summed E-state index contributed by atoms with van der Waals surface area (Å²) < 4.78 is 0. The highest BCUT2D eigenvalue weighted by Crippen LogP contribution is 2.30. The molecule has 5 nitrogen and oxygen atoms in total. The first kappa shape index (κ1) is 15.5. The van der Waals surface area contributed by atoms with Gasteiger partial charge in [-0.3, -0.25) is 4.79 Å². The number of amides is 1. The Morgan fingerprint density at radius 3 is 2.62 bits per heavy atom. The molecule has 0 aromatic heterocycles. The van der Waals surface area contributed by atoms with E-state index in [1.165, 1.54) is 12.1 Å². The summed E-state index contributed by atoms with van der Waals surface area (Å²) in [6.07, 6.45) is 3.55. The van der Waals surface area contributed by atoms with Crippen LogP contribution in [0.2, 0.25) is 0 Å². The van der Waals surface area contributed by atoms with Crippen LogP contribution < -0.4 is 11.1 Å². The van der Waals surface area contributed by atoms with Gasteiger partial charge >= 0.3 is 5.97 Å². The molecule has 0 bridgehead atoms. The molecule has 2 unspecified atom stereocenters. The Labute approximate surface area is 124 Å². The number of carboxylic acids is 1. The van der Waals surface area contributed by atoms with Crippen molar-refractivity contribution >= 4 is 11.9 Å². The van der Waals surface area contributed by atoms with E-state index in [4.69, 9.17) is 10.8 Å². The van der Waals surface area contributed by atoms with Gasteiger partial charge in [-0.25, -0.2) is 4.79 Å². The number of rotatable bonds is 4. The monoisotopic (exact) mass is 290 g/mol. The lowest BCUT2D eigenvalue weighted by Gasteiger charge is -2.35. The molecule has 1 amide bonds. The molecule has 1 aliphatic carbocycles. The highest BCUT2D eigenvalue weighted by atomic mass is 16.4. The van der Waals surface area contributed by atoms with Gasteiger partial charge in [-0.05, 0) is 36.5 Å². The summed E-state index contributed by atoms with van der Waals surface area (Å²) in [6.45, 7) is 2.49. The van der Waals surface area contributed by atoms with Gasteiger partial charge < -0.3 is 16.2 Å². The molecule has 1 saturated carbocycles. The molecule has 0 radical (unpaired) electrons. The van der Waals surface area contributed by atoms with E-state index in [2.05, 4.69) is 12.2 Å². The van der Waals surface area contributed by atoms with Crippen LogP contribution in [0.15, 0.2) is 24.3 Å². The maximum absolute atomic E-state index is 12.3. The van der Waals surface area contributed by atoms with Gasteiger partial charge in [-0.1, -0.05) is 31.9 Å². The Morgan fingerprint density at radius 2 is 2.05 bits per heavy atom. The van der Waals surface area contributed by atoms with Crippen LogP contribution in [0, 0.1) is 5.92 Å². The second-order valence-corrected chi connectivity index (χ2v) is 6.04. The highest BCUT2D eigenvalue weighted by Gasteiger charge is 2.37.